The third-order valence-corrected chi connectivity index (χ3v) is 5.99. The number of ether oxygens (including phenoxy) is 1. The van der Waals surface area contributed by atoms with E-state index in [2.05, 4.69) is 10.0 Å². The van der Waals surface area contributed by atoms with E-state index in [0.29, 0.717) is 4.88 Å². The number of hydrogen-bond acceptors (Lipinski definition) is 5. The molecular weight excluding hydrogens is 343 g/mol. The molecule has 0 saturated heterocycles. The van der Waals surface area contributed by atoms with Gasteiger partial charge in [0.25, 0.3) is 5.91 Å². The highest BCUT2D eigenvalue weighted by Gasteiger charge is 2.16. The Kier molecular flexibility index (Phi) is 5.34. The second kappa shape index (κ2) is 7.07. The summed E-state index contributed by atoms with van der Waals surface area (Å²) < 4.78 is 44.0. The molecule has 0 aliphatic carbocycles. The van der Waals surface area contributed by atoms with Gasteiger partial charge >= 0.3 is 0 Å². The van der Waals surface area contributed by atoms with E-state index in [1.165, 1.54) is 32.4 Å². The lowest BCUT2D eigenvalue weighted by molar-refractivity contribution is 0.0947. The summed E-state index contributed by atoms with van der Waals surface area (Å²) in [6.07, 6.45) is 0. The van der Waals surface area contributed by atoms with Gasteiger partial charge in [0.2, 0.25) is 10.0 Å². The van der Waals surface area contributed by atoms with Gasteiger partial charge in [-0.15, -0.1) is 11.3 Å². The fraction of sp³-hybridized carbons (Fsp3) is 0.214. The molecule has 0 atom stereocenters. The standard InChI is InChI=1S/C14H15FN2O4S2/c1-16-23(19,20)13-6-4-10(22-13)8-17-14(18)11-7-9(15)3-5-12(11)21-2/h3-7,16H,8H2,1-2H3,(H,17,18). The molecule has 0 radical (unpaired) electrons. The van der Waals surface area contributed by atoms with Gasteiger partial charge < -0.3 is 10.1 Å². The van der Waals surface area contributed by atoms with E-state index in [1.54, 1.807) is 6.07 Å². The van der Waals surface area contributed by atoms with Gasteiger partial charge in [0, 0.05) is 4.88 Å². The Morgan fingerprint density at radius 3 is 2.70 bits per heavy atom. The summed E-state index contributed by atoms with van der Waals surface area (Å²) >= 11 is 1.04. The molecule has 0 spiro atoms. The molecule has 1 aromatic carbocycles. The molecule has 1 heterocycles. The van der Waals surface area contributed by atoms with Gasteiger partial charge in [-0.3, -0.25) is 4.79 Å². The topological polar surface area (TPSA) is 84.5 Å². The van der Waals surface area contributed by atoms with Crippen LogP contribution in [0.3, 0.4) is 0 Å². The summed E-state index contributed by atoms with van der Waals surface area (Å²) in [6.45, 7) is 0.127. The van der Waals surface area contributed by atoms with E-state index in [-0.39, 0.29) is 22.1 Å². The van der Waals surface area contributed by atoms with Gasteiger partial charge in [-0.2, -0.15) is 0 Å². The van der Waals surface area contributed by atoms with E-state index in [4.69, 9.17) is 4.74 Å². The molecule has 0 aliphatic heterocycles. The lowest BCUT2D eigenvalue weighted by atomic mass is 10.2. The molecule has 2 N–H and O–H groups in total. The first-order valence-electron chi connectivity index (χ1n) is 6.51. The van der Waals surface area contributed by atoms with Crippen molar-refractivity contribution < 1.29 is 22.3 Å². The van der Waals surface area contributed by atoms with Crippen LogP contribution in [0, 0.1) is 5.82 Å². The molecule has 0 saturated carbocycles. The SMILES string of the molecule is CNS(=O)(=O)c1ccc(CNC(=O)c2cc(F)ccc2OC)s1. The molecule has 0 aliphatic rings. The molecule has 6 nitrogen and oxygen atoms in total. The number of carbonyl (C=O) groups is 1. The minimum atomic E-state index is -3.50. The van der Waals surface area contributed by atoms with Crippen molar-refractivity contribution in [2.75, 3.05) is 14.2 Å². The number of carbonyl (C=O) groups excluding carboxylic acids is 1. The van der Waals surface area contributed by atoms with E-state index in [0.717, 1.165) is 17.4 Å². The van der Waals surface area contributed by atoms with Gasteiger partial charge in [-0.1, -0.05) is 0 Å². The Bertz CT molecular complexity index is 818. The highest BCUT2D eigenvalue weighted by molar-refractivity contribution is 7.91. The molecule has 2 aromatic rings. The van der Waals surface area contributed by atoms with Gasteiger partial charge in [0.15, 0.2) is 0 Å². The molecule has 9 heteroatoms. The normalized spacial score (nSPS) is 11.3. The van der Waals surface area contributed by atoms with Gasteiger partial charge in [-0.25, -0.2) is 17.5 Å². The van der Waals surface area contributed by atoms with E-state index < -0.39 is 21.7 Å². The largest absolute Gasteiger partial charge is 0.496 e. The first-order chi connectivity index (χ1) is 10.9. The lowest BCUT2D eigenvalue weighted by Gasteiger charge is -2.08. The van der Waals surface area contributed by atoms with Crippen LogP contribution in [-0.4, -0.2) is 28.5 Å². The Morgan fingerprint density at radius 2 is 2.04 bits per heavy atom. The number of halogens is 1. The average molecular weight is 358 g/mol. The van der Waals surface area contributed by atoms with Crippen LogP contribution in [0.15, 0.2) is 34.5 Å². The van der Waals surface area contributed by atoms with Crippen molar-refractivity contribution in [3.05, 3.63) is 46.6 Å². The monoisotopic (exact) mass is 358 g/mol. The highest BCUT2D eigenvalue weighted by Crippen LogP contribution is 2.22. The molecule has 0 bridgehead atoms. The van der Waals surface area contributed by atoms with Crippen molar-refractivity contribution in [2.24, 2.45) is 0 Å². The highest BCUT2D eigenvalue weighted by atomic mass is 32.2. The lowest BCUT2D eigenvalue weighted by Crippen LogP contribution is -2.23. The van der Waals surface area contributed by atoms with Crippen molar-refractivity contribution in [1.82, 2.24) is 10.0 Å². The fourth-order valence-electron chi connectivity index (χ4n) is 1.82. The Hall–Kier alpha value is -1.97. The first-order valence-corrected chi connectivity index (χ1v) is 8.81. The number of sulfonamides is 1. The number of nitrogens with one attached hydrogen (secondary N) is 2. The molecule has 1 aromatic heterocycles. The van der Waals surface area contributed by atoms with Gasteiger partial charge in [-0.05, 0) is 37.4 Å². The Labute approximate surface area is 137 Å². The van der Waals surface area contributed by atoms with Crippen LogP contribution in [0.5, 0.6) is 5.75 Å². The van der Waals surface area contributed by atoms with Gasteiger partial charge in [0.1, 0.15) is 15.8 Å². The number of rotatable bonds is 6. The molecule has 0 fully saturated rings. The Balaban J connectivity index is 2.10. The van der Waals surface area contributed by atoms with Crippen LogP contribution in [0.1, 0.15) is 15.2 Å². The van der Waals surface area contributed by atoms with E-state index in [1.807, 2.05) is 0 Å². The second-order valence-electron chi connectivity index (χ2n) is 4.46. The molecule has 1 amide bonds. The number of thiophene rings is 1. The van der Waals surface area contributed by atoms with Crippen LogP contribution < -0.4 is 14.8 Å². The average Bonchev–Trinajstić information content (AvgIpc) is 3.02. The predicted octanol–water partition coefficient (Wildman–Crippen LogP) is 1.73. The zero-order chi connectivity index (χ0) is 17.0. The quantitative estimate of drug-likeness (QED) is 0.824. The summed E-state index contributed by atoms with van der Waals surface area (Å²) in [5, 5.41) is 2.61. The number of benzene rings is 1. The molecule has 124 valence electrons. The van der Waals surface area contributed by atoms with Gasteiger partial charge in [0.05, 0.1) is 19.2 Å². The number of hydrogen-bond donors (Lipinski definition) is 2. The van der Waals surface area contributed by atoms with Crippen LogP contribution in [0.2, 0.25) is 0 Å². The summed E-state index contributed by atoms with van der Waals surface area (Å²) in [5.41, 5.74) is 0.0760. The van der Waals surface area contributed by atoms with Crippen molar-refractivity contribution in [2.45, 2.75) is 10.8 Å². The minimum Gasteiger partial charge on any atom is -0.496 e. The summed E-state index contributed by atoms with van der Waals surface area (Å²) in [5.74, 6) is -0.796. The maximum atomic E-state index is 13.3. The summed E-state index contributed by atoms with van der Waals surface area (Å²) in [4.78, 5) is 12.8. The minimum absolute atomic E-state index is 0.0760. The maximum Gasteiger partial charge on any atom is 0.255 e. The summed E-state index contributed by atoms with van der Waals surface area (Å²) in [6, 6.07) is 6.72. The molecule has 2 rings (SSSR count). The van der Waals surface area contributed by atoms with Crippen molar-refractivity contribution in [3.63, 3.8) is 0 Å². The smallest absolute Gasteiger partial charge is 0.255 e. The van der Waals surface area contributed by atoms with Crippen LogP contribution in [-0.2, 0) is 16.6 Å². The third kappa shape index (κ3) is 4.06. The first kappa shape index (κ1) is 17.4. The number of amides is 1. The van der Waals surface area contributed by atoms with E-state index in [9.17, 15) is 17.6 Å². The molecular formula is C14H15FN2O4S2. The van der Waals surface area contributed by atoms with Crippen LogP contribution >= 0.6 is 11.3 Å². The zero-order valence-electron chi connectivity index (χ0n) is 12.4. The van der Waals surface area contributed by atoms with Crippen molar-refractivity contribution >= 4 is 27.3 Å². The third-order valence-electron chi connectivity index (χ3n) is 3.00. The summed E-state index contributed by atoms with van der Waals surface area (Å²) in [7, 11) is -0.785. The fourth-order valence-corrected chi connectivity index (χ4v) is 3.95. The van der Waals surface area contributed by atoms with Crippen molar-refractivity contribution in [1.29, 1.82) is 0 Å². The van der Waals surface area contributed by atoms with Crippen molar-refractivity contribution in [3.8, 4) is 5.75 Å². The molecule has 0 unspecified atom stereocenters. The predicted molar refractivity (Wildman–Crippen MR) is 84.7 cm³/mol. The number of methoxy groups -OCH3 is 1. The van der Waals surface area contributed by atoms with Crippen LogP contribution in [0.25, 0.3) is 0 Å². The van der Waals surface area contributed by atoms with E-state index >= 15 is 0 Å². The maximum absolute atomic E-state index is 13.3. The molecule has 23 heavy (non-hydrogen) atoms. The van der Waals surface area contributed by atoms with Crippen LogP contribution in [0.4, 0.5) is 4.39 Å². The Morgan fingerprint density at radius 1 is 1.30 bits per heavy atom. The second-order valence-corrected chi connectivity index (χ2v) is 7.74. The zero-order valence-corrected chi connectivity index (χ0v) is 14.1.